The third kappa shape index (κ3) is 2.54. The van der Waals surface area contributed by atoms with Crippen molar-refractivity contribution in [2.75, 3.05) is 5.43 Å². The van der Waals surface area contributed by atoms with Gasteiger partial charge in [-0.05, 0) is 24.6 Å². The van der Waals surface area contributed by atoms with E-state index in [1.165, 1.54) is 0 Å². The summed E-state index contributed by atoms with van der Waals surface area (Å²) in [6.45, 7) is 1.82. The summed E-state index contributed by atoms with van der Waals surface area (Å²) >= 11 is 0. The molecule has 0 atom stereocenters. The number of para-hydroxylation sites is 1. The van der Waals surface area contributed by atoms with Crippen LogP contribution in [0.3, 0.4) is 0 Å². The molecule has 22 heavy (non-hydrogen) atoms. The highest BCUT2D eigenvalue weighted by molar-refractivity contribution is 5.98. The molecule has 3 aromatic rings. The number of rotatable bonds is 3. The summed E-state index contributed by atoms with van der Waals surface area (Å²) in [5.41, 5.74) is 4.23. The molecule has 110 valence electrons. The minimum absolute atomic E-state index is 0.0287. The van der Waals surface area contributed by atoms with E-state index in [2.05, 4.69) is 15.5 Å². The van der Waals surface area contributed by atoms with E-state index in [0.717, 1.165) is 5.56 Å². The second kappa shape index (κ2) is 5.69. The molecular weight excluding hydrogens is 280 g/mol. The van der Waals surface area contributed by atoms with E-state index in [0.29, 0.717) is 21.3 Å². The van der Waals surface area contributed by atoms with E-state index >= 15 is 0 Å². The van der Waals surface area contributed by atoms with E-state index in [1.807, 2.05) is 37.3 Å². The van der Waals surface area contributed by atoms with Crippen LogP contribution in [0.15, 0.2) is 64.5 Å². The number of hydrogen-bond donors (Lipinski definition) is 2. The van der Waals surface area contributed by atoms with Crippen LogP contribution in [0.5, 0.6) is 0 Å². The summed E-state index contributed by atoms with van der Waals surface area (Å²) in [4.78, 5) is 16.2. The number of aromatic nitrogens is 2. The number of nitrogens with zero attached hydrogens (tertiary/aromatic N) is 3. The van der Waals surface area contributed by atoms with Gasteiger partial charge in [0.1, 0.15) is 0 Å². The average Bonchev–Trinajstić information content (AvgIpc) is 2.57. The molecule has 0 aliphatic carbocycles. The highest BCUT2D eigenvalue weighted by atomic mass is 16.5. The van der Waals surface area contributed by atoms with Gasteiger partial charge < -0.3 is 5.21 Å². The van der Waals surface area contributed by atoms with E-state index in [-0.39, 0.29) is 5.95 Å². The second-order valence-electron chi connectivity index (χ2n) is 4.74. The first-order chi connectivity index (χ1) is 10.7. The molecule has 0 aliphatic heterocycles. The van der Waals surface area contributed by atoms with Gasteiger partial charge in [0, 0.05) is 0 Å². The lowest BCUT2D eigenvalue weighted by Crippen LogP contribution is -2.22. The zero-order valence-corrected chi connectivity index (χ0v) is 11.9. The Labute approximate surface area is 126 Å². The zero-order chi connectivity index (χ0) is 15.5. The molecule has 0 amide bonds. The number of fused-ring (bicyclic) bond motifs is 1. The number of hydrogen-bond acceptors (Lipinski definition) is 5. The smallest absolute Gasteiger partial charge is 0.295 e. The monoisotopic (exact) mass is 294 g/mol. The Bertz CT molecular complexity index is 901. The third-order valence-corrected chi connectivity index (χ3v) is 3.27. The van der Waals surface area contributed by atoms with E-state index in [9.17, 15) is 10.0 Å². The maximum atomic E-state index is 12.0. The quantitative estimate of drug-likeness (QED) is 0.442. The van der Waals surface area contributed by atoms with Crippen molar-refractivity contribution < 1.29 is 5.21 Å². The molecule has 3 rings (SSSR count). The van der Waals surface area contributed by atoms with Crippen LogP contribution in [-0.2, 0) is 0 Å². The van der Waals surface area contributed by atoms with E-state index < -0.39 is 5.56 Å². The van der Waals surface area contributed by atoms with Gasteiger partial charge in [-0.3, -0.25) is 4.79 Å². The van der Waals surface area contributed by atoms with Gasteiger partial charge >= 0.3 is 0 Å². The van der Waals surface area contributed by atoms with Crippen molar-refractivity contribution in [1.29, 1.82) is 0 Å². The topological polar surface area (TPSA) is 79.5 Å². The molecule has 6 heteroatoms. The second-order valence-corrected chi connectivity index (χ2v) is 4.74. The van der Waals surface area contributed by atoms with Crippen molar-refractivity contribution in [3.63, 3.8) is 0 Å². The highest BCUT2D eigenvalue weighted by Crippen LogP contribution is 2.10. The molecule has 0 unspecified atom stereocenters. The largest absolute Gasteiger partial charge is 0.422 e. The summed E-state index contributed by atoms with van der Waals surface area (Å²) in [5.74, 6) is -0.0287. The molecular formula is C16H14N4O2. The molecule has 0 aliphatic rings. The van der Waals surface area contributed by atoms with Crippen molar-refractivity contribution in [2.45, 2.75) is 6.92 Å². The van der Waals surface area contributed by atoms with Crippen molar-refractivity contribution in [2.24, 2.45) is 5.10 Å². The highest BCUT2D eigenvalue weighted by Gasteiger charge is 2.09. The van der Waals surface area contributed by atoms with Crippen molar-refractivity contribution in [3.05, 3.63) is 70.5 Å². The van der Waals surface area contributed by atoms with Gasteiger partial charge in [-0.1, -0.05) is 42.5 Å². The van der Waals surface area contributed by atoms with Crippen LogP contribution in [0, 0.1) is 0 Å². The Kier molecular flexibility index (Phi) is 3.57. The lowest BCUT2D eigenvalue weighted by atomic mass is 10.1. The molecule has 0 radical (unpaired) electrons. The van der Waals surface area contributed by atoms with Gasteiger partial charge in [0.25, 0.3) is 11.5 Å². The molecule has 0 spiro atoms. The molecule has 0 fully saturated rings. The molecule has 0 saturated heterocycles. The number of benzene rings is 2. The Morgan fingerprint density at radius 1 is 1.14 bits per heavy atom. The van der Waals surface area contributed by atoms with Gasteiger partial charge in [-0.25, -0.2) is 10.4 Å². The standard InChI is InChI=1S/C16H14N4O2/c1-11(12-7-3-2-4-8-12)18-19-16-17-14-10-6-5-9-13(14)15(21)20(16)22/h2-10,22H,1H3,(H,17,19)/b18-11+. The summed E-state index contributed by atoms with van der Waals surface area (Å²) in [7, 11) is 0. The Hall–Kier alpha value is -3.15. The van der Waals surface area contributed by atoms with Gasteiger partial charge in [-0.15, -0.1) is 4.73 Å². The Morgan fingerprint density at radius 2 is 1.82 bits per heavy atom. The lowest BCUT2D eigenvalue weighted by Gasteiger charge is -2.07. The van der Waals surface area contributed by atoms with Crippen LogP contribution >= 0.6 is 0 Å². The fourth-order valence-electron chi connectivity index (χ4n) is 2.07. The number of hydrazone groups is 1. The summed E-state index contributed by atoms with van der Waals surface area (Å²) < 4.78 is 0.462. The predicted octanol–water partition coefficient (Wildman–Crippen LogP) is 2.47. The molecule has 2 aromatic carbocycles. The van der Waals surface area contributed by atoms with Crippen molar-refractivity contribution in [3.8, 4) is 0 Å². The summed E-state index contributed by atoms with van der Waals surface area (Å²) in [5, 5.41) is 14.4. The van der Waals surface area contributed by atoms with Crippen LogP contribution in [0.25, 0.3) is 10.9 Å². The predicted molar refractivity (Wildman–Crippen MR) is 85.5 cm³/mol. The van der Waals surface area contributed by atoms with Crippen molar-refractivity contribution in [1.82, 2.24) is 9.71 Å². The Morgan fingerprint density at radius 3 is 2.59 bits per heavy atom. The van der Waals surface area contributed by atoms with E-state index in [4.69, 9.17) is 0 Å². The molecule has 6 nitrogen and oxygen atoms in total. The fourth-order valence-corrected chi connectivity index (χ4v) is 2.07. The van der Waals surface area contributed by atoms with Gasteiger partial charge in [0.15, 0.2) is 0 Å². The Balaban J connectivity index is 1.98. The molecule has 2 N–H and O–H groups in total. The van der Waals surface area contributed by atoms with Crippen LogP contribution in [0.2, 0.25) is 0 Å². The van der Waals surface area contributed by atoms with Crippen LogP contribution in [0.4, 0.5) is 5.95 Å². The van der Waals surface area contributed by atoms with Gasteiger partial charge in [-0.2, -0.15) is 5.10 Å². The first kappa shape index (κ1) is 13.8. The maximum absolute atomic E-state index is 12.0. The number of nitrogens with one attached hydrogen (secondary N) is 1. The fraction of sp³-hybridized carbons (Fsp3) is 0.0625. The van der Waals surface area contributed by atoms with Crippen LogP contribution in [-0.4, -0.2) is 20.6 Å². The molecule has 1 aromatic heterocycles. The van der Waals surface area contributed by atoms with Crippen molar-refractivity contribution >= 4 is 22.6 Å². The molecule has 1 heterocycles. The lowest BCUT2D eigenvalue weighted by molar-refractivity contribution is 0.179. The SMILES string of the molecule is C/C(=N\Nc1nc2ccccc2c(=O)n1O)c1ccccc1. The van der Waals surface area contributed by atoms with Gasteiger partial charge in [0.2, 0.25) is 0 Å². The zero-order valence-electron chi connectivity index (χ0n) is 11.9. The molecule has 0 bridgehead atoms. The summed E-state index contributed by atoms with van der Waals surface area (Å²) in [6.07, 6.45) is 0. The first-order valence-electron chi connectivity index (χ1n) is 6.73. The van der Waals surface area contributed by atoms with Gasteiger partial charge in [0.05, 0.1) is 16.6 Å². The van der Waals surface area contributed by atoms with Crippen LogP contribution in [0.1, 0.15) is 12.5 Å². The van der Waals surface area contributed by atoms with E-state index in [1.54, 1.807) is 24.3 Å². The maximum Gasteiger partial charge on any atom is 0.295 e. The minimum atomic E-state index is -0.541. The first-order valence-corrected chi connectivity index (χ1v) is 6.73. The number of anilines is 1. The summed E-state index contributed by atoms with van der Waals surface area (Å²) in [6, 6.07) is 16.4. The third-order valence-electron chi connectivity index (χ3n) is 3.27. The normalized spacial score (nSPS) is 11.6. The van der Waals surface area contributed by atoms with Crippen LogP contribution < -0.4 is 11.0 Å². The molecule has 0 saturated carbocycles. The average molecular weight is 294 g/mol. The minimum Gasteiger partial charge on any atom is -0.422 e.